The number of pyridine rings is 1. The minimum atomic E-state index is -1.49. The van der Waals surface area contributed by atoms with Crippen LogP contribution in [-0.2, 0) is 17.4 Å². The molecule has 0 saturated carbocycles. The van der Waals surface area contributed by atoms with Gasteiger partial charge in [-0.15, -0.1) is 10.2 Å². The lowest BCUT2D eigenvalue weighted by molar-refractivity contribution is 0.397. The van der Waals surface area contributed by atoms with Gasteiger partial charge < -0.3 is 9.26 Å². The van der Waals surface area contributed by atoms with E-state index >= 15 is 0 Å². The number of nitrogens with zero attached hydrogens (tertiary/aromatic N) is 7. The topological polar surface area (TPSA) is 134 Å². The second-order valence-electron chi connectivity index (χ2n) is 7.47. The monoisotopic (exact) mass is 468 g/mol. The van der Waals surface area contributed by atoms with E-state index in [2.05, 4.69) is 35.0 Å². The summed E-state index contributed by atoms with van der Waals surface area (Å²) in [5.74, 6) is 1.86. The maximum absolute atomic E-state index is 13.1. The summed E-state index contributed by atoms with van der Waals surface area (Å²) >= 11 is 0. The van der Waals surface area contributed by atoms with Crippen molar-refractivity contribution in [3.8, 4) is 17.4 Å². The van der Waals surface area contributed by atoms with Crippen molar-refractivity contribution in [2.45, 2.75) is 38.5 Å². The minimum Gasteiger partial charge on any atom is -0.481 e. The van der Waals surface area contributed by atoms with Crippen molar-refractivity contribution in [3.63, 3.8) is 0 Å². The fraction of sp³-hybridized carbons (Fsp3) is 0.333. The van der Waals surface area contributed by atoms with Gasteiger partial charge in [0.25, 0.3) is 0 Å². The van der Waals surface area contributed by atoms with Gasteiger partial charge >= 0.3 is 0 Å². The van der Waals surface area contributed by atoms with E-state index in [-0.39, 0.29) is 11.3 Å². The first-order valence-corrected chi connectivity index (χ1v) is 11.5. The Bertz CT molecular complexity index is 1230. The van der Waals surface area contributed by atoms with Crippen LogP contribution < -0.4 is 9.46 Å². The lowest BCUT2D eigenvalue weighted by Crippen LogP contribution is -2.24. The third-order valence-electron chi connectivity index (χ3n) is 4.99. The standard InChI is InChI=1S/C21H24N8O3S/c1-13-11-22-18(23-12-13)10-14(2)33(30)28-21-26-25-20(17-6-5-7-19(24-17)31-4)29(21)15(3)16-8-9-32-27-16/h5-9,11-12,14-15H,10H2,1-4H3,(H,26,28)/t14?,15-,33?/m1/s1. The molecule has 2 unspecified atom stereocenters. The van der Waals surface area contributed by atoms with E-state index in [9.17, 15) is 4.21 Å². The Morgan fingerprint density at radius 3 is 2.67 bits per heavy atom. The van der Waals surface area contributed by atoms with Crippen molar-refractivity contribution >= 4 is 16.9 Å². The summed E-state index contributed by atoms with van der Waals surface area (Å²) in [6, 6.07) is 6.80. The molecule has 4 aromatic rings. The lowest BCUT2D eigenvalue weighted by Gasteiger charge is -2.18. The normalized spacial score (nSPS) is 13.9. The molecule has 0 aromatic carbocycles. The summed E-state index contributed by atoms with van der Waals surface area (Å²) < 4.78 is 28.1. The van der Waals surface area contributed by atoms with Crippen LogP contribution in [0.4, 0.5) is 5.95 Å². The average Bonchev–Trinajstić information content (AvgIpc) is 3.51. The van der Waals surface area contributed by atoms with Crippen LogP contribution in [0.15, 0.2) is 47.4 Å². The van der Waals surface area contributed by atoms with Gasteiger partial charge in [0.1, 0.15) is 34.5 Å². The zero-order valence-corrected chi connectivity index (χ0v) is 19.5. The number of ether oxygens (including phenoxy) is 1. The summed E-state index contributed by atoms with van der Waals surface area (Å²) in [7, 11) is 0.0592. The Labute approximate surface area is 193 Å². The van der Waals surface area contributed by atoms with Crippen LogP contribution in [0, 0.1) is 6.92 Å². The molecule has 0 saturated heterocycles. The molecular weight excluding hydrogens is 444 g/mol. The van der Waals surface area contributed by atoms with Crippen LogP contribution >= 0.6 is 0 Å². The Morgan fingerprint density at radius 1 is 1.18 bits per heavy atom. The molecule has 1 N–H and O–H groups in total. The molecule has 4 heterocycles. The summed E-state index contributed by atoms with van der Waals surface area (Å²) in [6.45, 7) is 5.70. The number of methoxy groups -OCH3 is 1. The number of aromatic nitrogens is 7. The van der Waals surface area contributed by atoms with Crippen LogP contribution in [0.1, 0.15) is 37.0 Å². The second-order valence-corrected chi connectivity index (χ2v) is 9.08. The number of hydrogen-bond donors (Lipinski definition) is 1. The zero-order chi connectivity index (χ0) is 23.4. The Hall–Kier alpha value is -3.67. The van der Waals surface area contributed by atoms with Crippen LogP contribution in [-0.4, -0.2) is 51.4 Å². The van der Waals surface area contributed by atoms with Crippen LogP contribution in [0.25, 0.3) is 11.5 Å². The number of aryl methyl sites for hydroxylation is 1. The van der Waals surface area contributed by atoms with Crippen LogP contribution in [0.3, 0.4) is 0 Å². The molecule has 33 heavy (non-hydrogen) atoms. The van der Waals surface area contributed by atoms with Crippen molar-refractivity contribution < 1.29 is 13.5 Å². The number of rotatable bonds is 9. The zero-order valence-electron chi connectivity index (χ0n) is 18.7. The highest BCUT2D eigenvalue weighted by Gasteiger charge is 2.25. The summed E-state index contributed by atoms with van der Waals surface area (Å²) in [5.41, 5.74) is 2.19. The third-order valence-corrected chi connectivity index (χ3v) is 6.27. The predicted octanol–water partition coefficient (Wildman–Crippen LogP) is 2.75. The first kappa shape index (κ1) is 22.5. The molecular formula is C21H24N8O3S. The van der Waals surface area contributed by atoms with Crippen molar-refractivity contribution in [2.24, 2.45) is 0 Å². The van der Waals surface area contributed by atoms with E-state index in [1.54, 1.807) is 42.3 Å². The summed E-state index contributed by atoms with van der Waals surface area (Å²) in [6.07, 6.45) is 5.43. The number of hydrogen-bond acceptors (Lipinski definition) is 9. The average molecular weight is 469 g/mol. The van der Waals surface area contributed by atoms with Gasteiger partial charge in [0.05, 0.1) is 18.4 Å². The van der Waals surface area contributed by atoms with E-state index in [1.165, 1.54) is 6.26 Å². The molecule has 11 nitrogen and oxygen atoms in total. The first-order valence-electron chi connectivity index (χ1n) is 10.3. The molecule has 0 fully saturated rings. The van der Waals surface area contributed by atoms with Crippen molar-refractivity contribution in [1.29, 1.82) is 0 Å². The van der Waals surface area contributed by atoms with E-state index in [0.717, 1.165) is 5.56 Å². The fourth-order valence-corrected chi connectivity index (χ4v) is 3.99. The number of nitrogens with one attached hydrogen (secondary N) is 1. The van der Waals surface area contributed by atoms with Crippen LogP contribution in [0.2, 0.25) is 0 Å². The molecule has 0 amide bonds. The molecule has 0 bridgehead atoms. The molecule has 3 atom stereocenters. The van der Waals surface area contributed by atoms with Gasteiger partial charge in [-0.05, 0) is 32.4 Å². The van der Waals surface area contributed by atoms with Gasteiger partial charge in [-0.2, -0.15) is 0 Å². The Kier molecular flexibility index (Phi) is 6.73. The maximum atomic E-state index is 13.1. The summed E-state index contributed by atoms with van der Waals surface area (Å²) in [5, 5.41) is 12.3. The second kappa shape index (κ2) is 9.86. The highest BCUT2D eigenvalue weighted by Crippen LogP contribution is 2.28. The van der Waals surface area contributed by atoms with Gasteiger partial charge in [-0.1, -0.05) is 11.2 Å². The molecule has 12 heteroatoms. The van der Waals surface area contributed by atoms with E-state index in [1.807, 2.05) is 26.8 Å². The van der Waals surface area contributed by atoms with E-state index in [4.69, 9.17) is 9.26 Å². The molecule has 4 rings (SSSR count). The molecule has 0 aliphatic rings. The highest BCUT2D eigenvalue weighted by molar-refractivity contribution is 7.86. The van der Waals surface area contributed by atoms with Crippen molar-refractivity contribution in [1.82, 2.24) is 34.9 Å². The summed E-state index contributed by atoms with van der Waals surface area (Å²) in [4.78, 5) is 13.1. The largest absolute Gasteiger partial charge is 0.481 e. The van der Waals surface area contributed by atoms with Gasteiger partial charge in [-0.3, -0.25) is 9.29 Å². The third kappa shape index (κ3) is 5.06. The molecule has 0 aliphatic carbocycles. The van der Waals surface area contributed by atoms with Gasteiger partial charge in [0, 0.05) is 30.9 Å². The maximum Gasteiger partial charge on any atom is 0.237 e. The molecule has 4 aromatic heterocycles. The first-order chi connectivity index (χ1) is 16.0. The fourth-order valence-electron chi connectivity index (χ4n) is 3.17. The number of anilines is 1. The molecule has 0 radical (unpaired) electrons. The van der Waals surface area contributed by atoms with Gasteiger partial charge in [0.2, 0.25) is 11.8 Å². The minimum absolute atomic E-state index is 0.279. The van der Waals surface area contributed by atoms with E-state index in [0.29, 0.717) is 41.3 Å². The Morgan fingerprint density at radius 2 is 1.97 bits per heavy atom. The molecule has 0 aliphatic heterocycles. The SMILES string of the molecule is COc1cccc(-c2nnc(NS(=O)C(C)Cc3ncc(C)cn3)n2[C@H](C)c2ccon2)n1. The molecule has 172 valence electrons. The Balaban J connectivity index is 1.63. The predicted molar refractivity (Wildman–Crippen MR) is 122 cm³/mol. The molecule has 0 spiro atoms. The van der Waals surface area contributed by atoms with Gasteiger partial charge in [-0.25, -0.2) is 19.2 Å². The van der Waals surface area contributed by atoms with Crippen molar-refractivity contribution in [2.75, 3.05) is 11.8 Å². The van der Waals surface area contributed by atoms with E-state index < -0.39 is 11.0 Å². The van der Waals surface area contributed by atoms with Crippen molar-refractivity contribution in [3.05, 3.63) is 60.0 Å². The highest BCUT2D eigenvalue weighted by atomic mass is 32.2. The van der Waals surface area contributed by atoms with Crippen LogP contribution in [0.5, 0.6) is 5.88 Å². The smallest absolute Gasteiger partial charge is 0.237 e. The van der Waals surface area contributed by atoms with Gasteiger partial charge in [0.15, 0.2) is 5.82 Å². The lowest BCUT2D eigenvalue weighted by atomic mass is 10.2. The quantitative estimate of drug-likeness (QED) is 0.393.